The molecule has 0 fully saturated rings. The van der Waals surface area contributed by atoms with Gasteiger partial charge in [0, 0.05) is 25.5 Å². The Kier molecular flexibility index (Phi) is 1.74. The largest absolute Gasteiger partial charge is 0.478 e. The molecule has 82 valence electrons. The Bertz CT molecular complexity index is 586. The van der Waals surface area contributed by atoms with E-state index in [1.54, 1.807) is 0 Å². The molecule has 4 nitrogen and oxygen atoms in total. The zero-order chi connectivity index (χ0) is 11.3. The van der Waals surface area contributed by atoms with Gasteiger partial charge in [0.1, 0.15) is 11.4 Å². The van der Waals surface area contributed by atoms with E-state index in [0.717, 1.165) is 29.8 Å². The van der Waals surface area contributed by atoms with Gasteiger partial charge in [0.15, 0.2) is 0 Å². The van der Waals surface area contributed by atoms with Gasteiger partial charge in [-0.05, 0) is 6.07 Å². The molecule has 0 spiro atoms. The minimum atomic E-state index is -0.848. The molecule has 0 atom stereocenters. The minimum Gasteiger partial charge on any atom is -0.478 e. The summed E-state index contributed by atoms with van der Waals surface area (Å²) in [4.78, 5) is 13.3. The second-order valence-corrected chi connectivity index (χ2v) is 4.09. The van der Waals surface area contributed by atoms with Crippen LogP contribution < -0.4 is 4.90 Å². The monoisotopic (exact) mass is 216 g/mol. The molecule has 0 saturated heterocycles. The molecule has 2 heterocycles. The van der Waals surface area contributed by atoms with Crippen molar-refractivity contribution < 1.29 is 9.90 Å². The lowest BCUT2D eigenvalue weighted by Crippen LogP contribution is -2.15. The fraction of sp³-hybridized carbons (Fsp3) is 0.250. The van der Waals surface area contributed by atoms with E-state index < -0.39 is 5.97 Å². The molecule has 2 aromatic rings. The molecule has 0 bridgehead atoms. The number of hydrogen-bond donors (Lipinski definition) is 1. The molecule has 1 aromatic carbocycles. The van der Waals surface area contributed by atoms with Gasteiger partial charge >= 0.3 is 5.97 Å². The van der Waals surface area contributed by atoms with Crippen molar-refractivity contribution in [2.75, 3.05) is 18.5 Å². The second-order valence-electron chi connectivity index (χ2n) is 4.09. The quantitative estimate of drug-likeness (QED) is 0.790. The minimum absolute atomic E-state index is 0.426. The molecule has 0 aliphatic carbocycles. The standard InChI is InChI=1S/C12H12N2O2/c1-13-6-7-14-9-5-3-2-4-8(9)10(11(13)14)12(15)16/h2-5H,6-7H2,1H3,(H,15,16). The highest BCUT2D eigenvalue weighted by molar-refractivity contribution is 6.09. The van der Waals surface area contributed by atoms with Crippen LogP contribution in [0.15, 0.2) is 24.3 Å². The number of aromatic nitrogens is 1. The van der Waals surface area contributed by atoms with Gasteiger partial charge < -0.3 is 14.6 Å². The van der Waals surface area contributed by atoms with E-state index in [4.69, 9.17) is 0 Å². The first-order valence-corrected chi connectivity index (χ1v) is 5.26. The molecule has 1 aliphatic heterocycles. The zero-order valence-electron chi connectivity index (χ0n) is 8.97. The van der Waals surface area contributed by atoms with Crippen LogP contribution in [0.1, 0.15) is 10.4 Å². The van der Waals surface area contributed by atoms with Gasteiger partial charge in [0.2, 0.25) is 0 Å². The van der Waals surface area contributed by atoms with Crippen molar-refractivity contribution in [2.24, 2.45) is 0 Å². The summed E-state index contributed by atoms with van der Waals surface area (Å²) in [6, 6.07) is 7.67. The highest BCUT2D eigenvalue weighted by atomic mass is 16.4. The summed E-state index contributed by atoms with van der Waals surface area (Å²) in [6.07, 6.45) is 0. The van der Waals surface area contributed by atoms with Gasteiger partial charge in [-0.25, -0.2) is 4.79 Å². The molecule has 4 heteroatoms. The van der Waals surface area contributed by atoms with Crippen LogP contribution in [0.25, 0.3) is 10.9 Å². The van der Waals surface area contributed by atoms with Crippen molar-refractivity contribution in [2.45, 2.75) is 6.54 Å². The maximum atomic E-state index is 11.3. The molecular weight excluding hydrogens is 204 g/mol. The number of likely N-dealkylation sites (N-methyl/N-ethyl adjacent to an activating group) is 1. The predicted octanol–water partition coefficient (Wildman–Crippen LogP) is 1.79. The molecule has 0 amide bonds. The number of carboxylic acid groups (broad SMARTS) is 1. The third kappa shape index (κ3) is 1.01. The van der Waals surface area contributed by atoms with Gasteiger partial charge in [-0.15, -0.1) is 0 Å². The Balaban J connectivity index is 2.46. The molecular formula is C12H12N2O2. The number of aromatic carboxylic acids is 1. The van der Waals surface area contributed by atoms with Crippen LogP contribution in [-0.4, -0.2) is 29.2 Å². The van der Waals surface area contributed by atoms with E-state index in [-0.39, 0.29) is 0 Å². The summed E-state index contributed by atoms with van der Waals surface area (Å²) < 4.78 is 2.08. The summed E-state index contributed by atoms with van der Waals surface area (Å²) in [5.74, 6) is -0.0209. The first kappa shape index (κ1) is 9.27. The molecule has 0 radical (unpaired) electrons. The Morgan fingerprint density at radius 3 is 2.81 bits per heavy atom. The highest BCUT2D eigenvalue weighted by Crippen LogP contribution is 2.35. The van der Waals surface area contributed by atoms with Crippen LogP contribution >= 0.6 is 0 Å². The fourth-order valence-electron chi connectivity index (χ4n) is 2.48. The first-order chi connectivity index (χ1) is 7.70. The van der Waals surface area contributed by atoms with E-state index in [0.29, 0.717) is 5.56 Å². The highest BCUT2D eigenvalue weighted by Gasteiger charge is 2.27. The van der Waals surface area contributed by atoms with Crippen molar-refractivity contribution in [1.82, 2.24) is 4.57 Å². The van der Waals surface area contributed by atoms with Gasteiger partial charge in [-0.3, -0.25) is 0 Å². The SMILES string of the molecule is CN1CCn2c1c(C(=O)O)c1ccccc12. The average molecular weight is 216 g/mol. The van der Waals surface area contributed by atoms with Crippen LogP contribution in [0.2, 0.25) is 0 Å². The van der Waals surface area contributed by atoms with E-state index in [1.807, 2.05) is 36.2 Å². The summed E-state index contributed by atoms with van der Waals surface area (Å²) >= 11 is 0. The molecule has 0 unspecified atom stereocenters. The summed E-state index contributed by atoms with van der Waals surface area (Å²) in [6.45, 7) is 1.74. The number of carbonyl (C=O) groups is 1. The topological polar surface area (TPSA) is 45.5 Å². The number of fused-ring (bicyclic) bond motifs is 3. The maximum absolute atomic E-state index is 11.3. The molecule has 1 aromatic heterocycles. The molecule has 0 saturated carbocycles. The van der Waals surface area contributed by atoms with E-state index in [2.05, 4.69) is 4.57 Å². The maximum Gasteiger partial charge on any atom is 0.340 e. The summed E-state index contributed by atoms with van der Waals surface area (Å²) in [5.41, 5.74) is 1.44. The third-order valence-electron chi connectivity index (χ3n) is 3.18. The lowest BCUT2D eigenvalue weighted by molar-refractivity contribution is 0.0700. The van der Waals surface area contributed by atoms with Crippen molar-refractivity contribution in [3.05, 3.63) is 29.8 Å². The Hall–Kier alpha value is -1.97. The Morgan fingerprint density at radius 2 is 2.06 bits per heavy atom. The van der Waals surface area contributed by atoms with Crippen molar-refractivity contribution in [1.29, 1.82) is 0 Å². The van der Waals surface area contributed by atoms with Gasteiger partial charge in [0.25, 0.3) is 0 Å². The van der Waals surface area contributed by atoms with Gasteiger partial charge in [-0.2, -0.15) is 0 Å². The van der Waals surface area contributed by atoms with Crippen LogP contribution in [0, 0.1) is 0 Å². The van der Waals surface area contributed by atoms with Gasteiger partial charge in [0.05, 0.1) is 5.52 Å². The van der Waals surface area contributed by atoms with E-state index >= 15 is 0 Å². The number of para-hydroxylation sites is 1. The molecule has 1 aliphatic rings. The third-order valence-corrected chi connectivity index (χ3v) is 3.18. The molecule has 1 N–H and O–H groups in total. The zero-order valence-corrected chi connectivity index (χ0v) is 8.97. The number of hydrogen-bond acceptors (Lipinski definition) is 2. The Labute approximate surface area is 92.7 Å². The normalized spacial score (nSPS) is 14.4. The number of anilines is 1. The van der Waals surface area contributed by atoms with Crippen molar-refractivity contribution in [3.63, 3.8) is 0 Å². The molecule has 3 rings (SSSR count). The first-order valence-electron chi connectivity index (χ1n) is 5.26. The summed E-state index contributed by atoms with van der Waals surface area (Å²) in [7, 11) is 1.93. The number of benzene rings is 1. The summed E-state index contributed by atoms with van der Waals surface area (Å²) in [5, 5.41) is 10.1. The average Bonchev–Trinajstić information content (AvgIpc) is 2.77. The Morgan fingerprint density at radius 1 is 1.31 bits per heavy atom. The van der Waals surface area contributed by atoms with Crippen molar-refractivity contribution >= 4 is 22.7 Å². The van der Waals surface area contributed by atoms with Crippen LogP contribution in [-0.2, 0) is 6.54 Å². The lowest BCUT2D eigenvalue weighted by Gasteiger charge is -2.10. The number of carboxylic acids is 1. The number of nitrogens with zero attached hydrogens (tertiary/aromatic N) is 2. The molecule has 16 heavy (non-hydrogen) atoms. The smallest absolute Gasteiger partial charge is 0.340 e. The van der Waals surface area contributed by atoms with Crippen LogP contribution in [0.4, 0.5) is 5.82 Å². The van der Waals surface area contributed by atoms with Crippen LogP contribution in [0.5, 0.6) is 0 Å². The predicted molar refractivity (Wildman–Crippen MR) is 62.2 cm³/mol. The van der Waals surface area contributed by atoms with E-state index in [9.17, 15) is 9.90 Å². The van der Waals surface area contributed by atoms with Gasteiger partial charge in [-0.1, -0.05) is 18.2 Å². The van der Waals surface area contributed by atoms with Crippen molar-refractivity contribution in [3.8, 4) is 0 Å². The van der Waals surface area contributed by atoms with Crippen LogP contribution in [0.3, 0.4) is 0 Å². The fourth-order valence-corrected chi connectivity index (χ4v) is 2.48. The number of rotatable bonds is 1. The van der Waals surface area contributed by atoms with E-state index in [1.165, 1.54) is 0 Å². The second kappa shape index (κ2) is 3.01. The lowest BCUT2D eigenvalue weighted by atomic mass is 10.1.